The maximum Gasteiger partial charge on any atom is 0.0969 e. The van der Waals surface area contributed by atoms with Gasteiger partial charge < -0.3 is 14.6 Å². The van der Waals surface area contributed by atoms with Crippen molar-refractivity contribution in [3.8, 4) is 11.3 Å². The number of aliphatic hydroxyl groups excluding tert-OH is 1. The molecule has 0 amide bonds. The Balaban J connectivity index is 1.55. The Morgan fingerprint density at radius 3 is 2.77 bits per heavy atom. The van der Waals surface area contributed by atoms with Crippen molar-refractivity contribution in [2.24, 2.45) is 0 Å². The van der Waals surface area contributed by atoms with Gasteiger partial charge in [-0.1, -0.05) is 0 Å². The highest BCUT2D eigenvalue weighted by molar-refractivity contribution is 5.58. The van der Waals surface area contributed by atoms with Gasteiger partial charge in [0.25, 0.3) is 0 Å². The highest BCUT2D eigenvalue weighted by Gasteiger charge is 2.17. The lowest BCUT2D eigenvalue weighted by Gasteiger charge is -2.24. The van der Waals surface area contributed by atoms with Crippen molar-refractivity contribution in [3.63, 3.8) is 0 Å². The van der Waals surface area contributed by atoms with Crippen LogP contribution in [0.3, 0.4) is 0 Å². The molecule has 0 spiro atoms. The maximum absolute atomic E-state index is 10.2. The first-order valence-corrected chi connectivity index (χ1v) is 7.62. The predicted molar refractivity (Wildman–Crippen MR) is 81.3 cm³/mol. The van der Waals surface area contributed by atoms with Gasteiger partial charge >= 0.3 is 0 Å². The number of hydrogen-bond donors (Lipinski definition) is 1. The predicted octanol–water partition coefficient (Wildman–Crippen LogP) is 1.50. The summed E-state index contributed by atoms with van der Waals surface area (Å²) in [4.78, 5) is 4.02. The SMILES string of the molecule is OC(COC1CCOCC1)Cn1nccc1-c1ccncc1. The number of aromatic nitrogens is 3. The van der Waals surface area contributed by atoms with Gasteiger partial charge in [-0.15, -0.1) is 0 Å². The maximum atomic E-state index is 10.2. The molecule has 3 heterocycles. The Labute approximate surface area is 129 Å². The molecule has 0 saturated carbocycles. The molecule has 1 aliphatic rings. The van der Waals surface area contributed by atoms with E-state index in [1.54, 1.807) is 23.3 Å². The summed E-state index contributed by atoms with van der Waals surface area (Å²) in [5.41, 5.74) is 2.00. The second-order valence-electron chi connectivity index (χ2n) is 5.43. The third-order valence-corrected chi connectivity index (χ3v) is 3.77. The van der Waals surface area contributed by atoms with Gasteiger partial charge in [-0.2, -0.15) is 5.10 Å². The van der Waals surface area contributed by atoms with E-state index in [0.29, 0.717) is 13.2 Å². The molecule has 6 heteroatoms. The van der Waals surface area contributed by atoms with E-state index in [1.165, 1.54) is 0 Å². The van der Waals surface area contributed by atoms with Crippen LogP contribution in [-0.2, 0) is 16.0 Å². The monoisotopic (exact) mass is 303 g/mol. The van der Waals surface area contributed by atoms with Crippen LogP contribution >= 0.6 is 0 Å². The van der Waals surface area contributed by atoms with Crippen molar-refractivity contribution in [2.75, 3.05) is 19.8 Å². The number of aliphatic hydroxyl groups is 1. The van der Waals surface area contributed by atoms with Gasteiger partial charge in [0, 0.05) is 37.4 Å². The fraction of sp³-hybridized carbons (Fsp3) is 0.500. The molecule has 2 aromatic heterocycles. The zero-order chi connectivity index (χ0) is 15.2. The van der Waals surface area contributed by atoms with Gasteiger partial charge in [0.05, 0.1) is 31.1 Å². The van der Waals surface area contributed by atoms with Gasteiger partial charge in [-0.25, -0.2) is 0 Å². The van der Waals surface area contributed by atoms with Crippen molar-refractivity contribution in [1.29, 1.82) is 0 Å². The molecule has 6 nitrogen and oxygen atoms in total. The zero-order valence-corrected chi connectivity index (χ0v) is 12.5. The summed E-state index contributed by atoms with van der Waals surface area (Å²) in [6.07, 6.45) is 6.65. The van der Waals surface area contributed by atoms with Crippen molar-refractivity contribution < 1.29 is 14.6 Å². The van der Waals surface area contributed by atoms with Crippen molar-refractivity contribution in [2.45, 2.75) is 31.6 Å². The molecule has 0 radical (unpaired) electrons. The fourth-order valence-corrected chi connectivity index (χ4v) is 2.59. The summed E-state index contributed by atoms with van der Waals surface area (Å²) < 4.78 is 12.9. The molecule has 0 aliphatic carbocycles. The molecule has 1 saturated heterocycles. The zero-order valence-electron chi connectivity index (χ0n) is 12.5. The van der Waals surface area contributed by atoms with Crippen LogP contribution < -0.4 is 0 Å². The quantitative estimate of drug-likeness (QED) is 0.876. The largest absolute Gasteiger partial charge is 0.389 e. The number of nitrogens with zero attached hydrogens (tertiary/aromatic N) is 3. The van der Waals surface area contributed by atoms with Crippen LogP contribution in [0.2, 0.25) is 0 Å². The van der Waals surface area contributed by atoms with Gasteiger partial charge in [-0.3, -0.25) is 9.67 Å². The molecule has 118 valence electrons. The van der Waals surface area contributed by atoms with Crippen molar-refractivity contribution >= 4 is 0 Å². The lowest BCUT2D eigenvalue weighted by atomic mass is 10.1. The summed E-state index contributed by atoms with van der Waals surface area (Å²) in [7, 11) is 0. The fourth-order valence-electron chi connectivity index (χ4n) is 2.59. The number of pyridine rings is 1. The molecule has 1 atom stereocenters. The molecule has 22 heavy (non-hydrogen) atoms. The minimum absolute atomic E-state index is 0.195. The molecule has 1 aliphatic heterocycles. The topological polar surface area (TPSA) is 69.4 Å². The van der Waals surface area contributed by atoms with Gasteiger partial charge in [0.15, 0.2) is 0 Å². The van der Waals surface area contributed by atoms with Gasteiger partial charge in [0.1, 0.15) is 0 Å². The van der Waals surface area contributed by atoms with Crippen LogP contribution in [-0.4, -0.2) is 51.9 Å². The number of ether oxygens (including phenoxy) is 2. The Hall–Kier alpha value is -1.76. The Morgan fingerprint density at radius 1 is 1.23 bits per heavy atom. The van der Waals surface area contributed by atoms with Gasteiger partial charge in [0.2, 0.25) is 0 Å². The van der Waals surface area contributed by atoms with Gasteiger partial charge in [-0.05, 0) is 31.0 Å². The van der Waals surface area contributed by atoms with E-state index in [-0.39, 0.29) is 6.10 Å². The van der Waals surface area contributed by atoms with E-state index in [2.05, 4.69) is 10.1 Å². The number of hydrogen-bond acceptors (Lipinski definition) is 5. The molecule has 1 fully saturated rings. The summed E-state index contributed by atoms with van der Waals surface area (Å²) in [6, 6.07) is 5.79. The first-order valence-electron chi connectivity index (χ1n) is 7.62. The van der Waals surface area contributed by atoms with Crippen molar-refractivity contribution in [3.05, 3.63) is 36.8 Å². The number of rotatable bonds is 6. The molecule has 1 unspecified atom stereocenters. The molecule has 3 rings (SSSR count). The smallest absolute Gasteiger partial charge is 0.0969 e. The van der Waals surface area contributed by atoms with Crippen LogP contribution in [0.4, 0.5) is 0 Å². The van der Waals surface area contributed by atoms with Crippen LogP contribution in [0.1, 0.15) is 12.8 Å². The second-order valence-corrected chi connectivity index (χ2v) is 5.43. The Kier molecular flexibility index (Phi) is 5.15. The summed E-state index contributed by atoms with van der Waals surface area (Å²) in [5, 5.41) is 14.5. The summed E-state index contributed by atoms with van der Waals surface area (Å²) >= 11 is 0. The summed E-state index contributed by atoms with van der Waals surface area (Å²) in [5.74, 6) is 0. The third kappa shape index (κ3) is 3.91. The summed E-state index contributed by atoms with van der Waals surface area (Å²) in [6.45, 7) is 2.21. The molecule has 0 bridgehead atoms. The molecule has 1 N–H and O–H groups in total. The minimum Gasteiger partial charge on any atom is -0.389 e. The first-order chi connectivity index (χ1) is 10.8. The van der Waals surface area contributed by atoms with Crippen LogP contribution in [0, 0.1) is 0 Å². The Morgan fingerprint density at radius 2 is 2.00 bits per heavy atom. The third-order valence-electron chi connectivity index (χ3n) is 3.77. The van der Waals surface area contributed by atoms with E-state index < -0.39 is 6.10 Å². The second kappa shape index (κ2) is 7.49. The average molecular weight is 303 g/mol. The van der Waals surface area contributed by atoms with E-state index in [9.17, 15) is 5.11 Å². The van der Waals surface area contributed by atoms with Crippen LogP contribution in [0.25, 0.3) is 11.3 Å². The average Bonchev–Trinajstić information content (AvgIpc) is 3.03. The van der Waals surface area contributed by atoms with E-state index in [4.69, 9.17) is 9.47 Å². The standard InChI is InChI=1S/C16H21N3O3/c20-14(12-22-15-4-9-21-10-5-15)11-19-16(3-8-18-19)13-1-6-17-7-2-13/h1-3,6-8,14-15,20H,4-5,9-12H2. The molecule has 0 aromatic carbocycles. The first kappa shape index (κ1) is 15.1. The lowest BCUT2D eigenvalue weighted by molar-refractivity contribution is -0.0621. The highest BCUT2D eigenvalue weighted by atomic mass is 16.5. The highest BCUT2D eigenvalue weighted by Crippen LogP contribution is 2.18. The van der Waals surface area contributed by atoms with Crippen LogP contribution in [0.5, 0.6) is 0 Å². The van der Waals surface area contributed by atoms with E-state index in [1.807, 2.05) is 18.2 Å². The van der Waals surface area contributed by atoms with Crippen molar-refractivity contribution in [1.82, 2.24) is 14.8 Å². The van der Waals surface area contributed by atoms with E-state index in [0.717, 1.165) is 37.3 Å². The molecule has 2 aromatic rings. The van der Waals surface area contributed by atoms with E-state index >= 15 is 0 Å². The Bertz CT molecular complexity index is 567. The lowest BCUT2D eigenvalue weighted by Crippen LogP contribution is -2.29. The normalized spacial score (nSPS) is 17.5. The minimum atomic E-state index is -0.580. The molecular weight excluding hydrogens is 282 g/mol. The van der Waals surface area contributed by atoms with Crippen LogP contribution in [0.15, 0.2) is 36.8 Å². The molecular formula is C16H21N3O3.